The van der Waals surface area contributed by atoms with Crippen molar-refractivity contribution in [3.05, 3.63) is 115 Å². The van der Waals surface area contributed by atoms with Crippen LogP contribution in [-0.2, 0) is 21.0 Å². The van der Waals surface area contributed by atoms with E-state index in [0.29, 0.717) is 11.3 Å². The Morgan fingerprint density at radius 2 is 1.06 bits per heavy atom. The van der Waals surface area contributed by atoms with E-state index in [1.54, 1.807) is 31.2 Å². The molecule has 0 saturated carbocycles. The highest BCUT2D eigenvalue weighted by molar-refractivity contribution is 7.97. The van der Waals surface area contributed by atoms with Crippen molar-refractivity contribution in [3.8, 4) is 5.75 Å². The molecule has 0 unspecified atom stereocenters. The Morgan fingerprint density at radius 3 is 1.48 bits per heavy atom. The highest BCUT2D eigenvalue weighted by atomic mass is 32.2. The molecular weight excluding hydrogens is 428 g/mol. The molecule has 0 aliphatic carbocycles. The number of benzene rings is 4. The number of rotatable bonds is 4. The molecule has 1 N–H and O–H groups in total. The predicted molar refractivity (Wildman–Crippen MR) is 122 cm³/mol. The van der Waals surface area contributed by atoms with Crippen LogP contribution < -0.4 is 0 Å². The second-order valence-corrected chi connectivity index (χ2v) is 10.0. The molecule has 31 heavy (non-hydrogen) atoms. The Labute approximate surface area is 185 Å². The van der Waals surface area contributed by atoms with Crippen LogP contribution in [0.4, 0.5) is 0 Å². The van der Waals surface area contributed by atoms with Crippen molar-refractivity contribution < 1.29 is 18.1 Å². The third-order valence-electron chi connectivity index (χ3n) is 4.39. The first-order chi connectivity index (χ1) is 14.9. The fourth-order valence-corrected chi connectivity index (χ4v) is 5.73. The van der Waals surface area contributed by atoms with E-state index in [1.165, 1.54) is 26.8 Å². The van der Waals surface area contributed by atoms with Gasteiger partial charge in [0.1, 0.15) is 15.9 Å². The molecule has 0 bridgehead atoms. The quantitative estimate of drug-likeness (QED) is 0.334. The molecule has 4 aromatic rings. The lowest BCUT2D eigenvalue weighted by Gasteiger charge is -2.08. The minimum Gasteiger partial charge on any atom is -0.744 e. The number of aryl methyl sites for hydroxylation is 1. The van der Waals surface area contributed by atoms with Gasteiger partial charge in [-0.05, 0) is 67.1 Å². The Balaban J connectivity index is 0.000000210. The van der Waals surface area contributed by atoms with Crippen molar-refractivity contribution in [1.82, 2.24) is 0 Å². The maximum absolute atomic E-state index is 10.5. The maximum atomic E-state index is 10.5. The van der Waals surface area contributed by atoms with Gasteiger partial charge in [-0.3, -0.25) is 0 Å². The van der Waals surface area contributed by atoms with Gasteiger partial charge in [0.05, 0.1) is 15.8 Å². The number of aromatic hydroxyl groups is 1. The molecule has 0 spiro atoms. The van der Waals surface area contributed by atoms with Crippen molar-refractivity contribution in [2.45, 2.75) is 26.5 Å². The van der Waals surface area contributed by atoms with Gasteiger partial charge in [0.2, 0.25) is 0 Å². The molecule has 0 aromatic heterocycles. The first-order valence-electron chi connectivity index (χ1n) is 9.51. The average Bonchev–Trinajstić information content (AvgIpc) is 2.77. The summed E-state index contributed by atoms with van der Waals surface area (Å²) in [6, 6.07) is 34.6. The minimum atomic E-state index is -4.28. The van der Waals surface area contributed by atoms with Gasteiger partial charge in [-0.2, -0.15) is 0 Å². The van der Waals surface area contributed by atoms with E-state index in [4.69, 9.17) is 0 Å². The van der Waals surface area contributed by atoms with Gasteiger partial charge in [0, 0.05) is 0 Å². The Kier molecular flexibility index (Phi) is 7.52. The monoisotopic (exact) mass is 450 g/mol. The van der Waals surface area contributed by atoms with Crippen LogP contribution in [0.2, 0.25) is 0 Å². The van der Waals surface area contributed by atoms with Crippen LogP contribution in [0.3, 0.4) is 0 Å². The molecule has 0 fully saturated rings. The number of phenolic OH excluding ortho intramolecular Hbond substituents is 1. The summed E-state index contributed by atoms with van der Waals surface area (Å²) in [6.45, 7) is 1.59. The Morgan fingerprint density at radius 1 is 0.645 bits per heavy atom. The van der Waals surface area contributed by atoms with E-state index in [1.807, 2.05) is 24.3 Å². The third-order valence-corrected chi connectivity index (χ3v) is 7.62. The summed E-state index contributed by atoms with van der Waals surface area (Å²) in [5, 5.41) is 9.48. The molecular formula is C25H22O4S2. The smallest absolute Gasteiger partial charge is 0.166 e. The van der Waals surface area contributed by atoms with E-state index in [-0.39, 0.29) is 15.8 Å². The van der Waals surface area contributed by atoms with Crippen molar-refractivity contribution >= 4 is 21.0 Å². The molecule has 6 heteroatoms. The van der Waals surface area contributed by atoms with Gasteiger partial charge in [-0.25, -0.2) is 8.42 Å². The van der Waals surface area contributed by atoms with E-state index >= 15 is 0 Å². The van der Waals surface area contributed by atoms with Gasteiger partial charge in [0.15, 0.2) is 14.7 Å². The van der Waals surface area contributed by atoms with Crippen LogP contribution in [0.1, 0.15) is 5.56 Å². The molecule has 0 amide bonds. The molecule has 0 aliphatic heterocycles. The zero-order chi connectivity index (χ0) is 22.3. The van der Waals surface area contributed by atoms with Crippen LogP contribution in [0, 0.1) is 6.92 Å². The molecule has 0 atom stereocenters. The Hall–Kier alpha value is -3.06. The summed E-state index contributed by atoms with van der Waals surface area (Å²) >= 11 is 0. The summed E-state index contributed by atoms with van der Waals surface area (Å²) in [6.07, 6.45) is 0. The van der Waals surface area contributed by atoms with Crippen LogP contribution in [-0.4, -0.2) is 18.1 Å². The van der Waals surface area contributed by atoms with Gasteiger partial charge < -0.3 is 9.66 Å². The van der Waals surface area contributed by atoms with E-state index in [9.17, 15) is 18.1 Å². The zero-order valence-corrected chi connectivity index (χ0v) is 18.5. The van der Waals surface area contributed by atoms with Gasteiger partial charge in [0.25, 0.3) is 0 Å². The highest BCUT2D eigenvalue weighted by Gasteiger charge is 2.27. The second-order valence-electron chi connectivity index (χ2n) is 6.65. The topological polar surface area (TPSA) is 77.4 Å². The molecule has 0 saturated heterocycles. The Bertz CT molecular complexity index is 1170. The molecule has 0 aliphatic rings. The first kappa shape index (κ1) is 22.6. The highest BCUT2D eigenvalue weighted by Crippen LogP contribution is 2.31. The number of hydrogen-bond donors (Lipinski definition) is 1. The maximum Gasteiger partial charge on any atom is 0.166 e. The van der Waals surface area contributed by atoms with Gasteiger partial charge >= 0.3 is 0 Å². The van der Waals surface area contributed by atoms with Gasteiger partial charge in [-0.15, -0.1) is 0 Å². The minimum absolute atomic E-state index is 0.134. The standard InChI is InChI=1S/C18H14OS.C7H8O3S/c19-15-11-13-18(14-12-15)20(16-7-3-1-4-8-16)17-9-5-2-6-10-17;1-6-4-2-3-5-7(6)11(8,9)10/h1-14H;2-5H,1H3,(H,8,9,10). The van der Waals surface area contributed by atoms with Crippen LogP contribution >= 0.6 is 0 Å². The van der Waals surface area contributed by atoms with E-state index < -0.39 is 10.1 Å². The molecule has 0 heterocycles. The molecule has 158 valence electrons. The largest absolute Gasteiger partial charge is 0.744 e. The molecule has 0 radical (unpaired) electrons. The zero-order valence-electron chi connectivity index (χ0n) is 16.9. The summed E-state index contributed by atoms with van der Waals surface area (Å²) in [4.78, 5) is 3.63. The third kappa shape index (κ3) is 6.21. The normalized spacial score (nSPS) is 10.9. The summed E-state index contributed by atoms with van der Waals surface area (Å²) in [7, 11) is -4.42. The fourth-order valence-electron chi connectivity index (χ4n) is 2.94. The lowest BCUT2D eigenvalue weighted by molar-refractivity contribution is 0.462. The average molecular weight is 451 g/mol. The lowest BCUT2D eigenvalue weighted by Crippen LogP contribution is -2.04. The number of phenols is 1. The summed E-state index contributed by atoms with van der Waals surface area (Å²) in [5.74, 6) is 0.304. The van der Waals surface area contributed by atoms with Crippen molar-refractivity contribution in [3.63, 3.8) is 0 Å². The molecule has 4 nitrogen and oxygen atoms in total. The lowest BCUT2D eigenvalue weighted by atomic mass is 10.2. The van der Waals surface area contributed by atoms with Crippen molar-refractivity contribution in [2.75, 3.05) is 0 Å². The molecule has 4 aromatic carbocycles. The SMILES string of the molecule is Cc1ccccc1S(=O)(=O)[O-].Oc1ccc([S+](c2ccccc2)c2ccccc2)cc1. The predicted octanol–water partition coefficient (Wildman–Crippen LogP) is 5.39. The second kappa shape index (κ2) is 10.3. The van der Waals surface area contributed by atoms with Crippen LogP contribution in [0.15, 0.2) is 129 Å². The summed E-state index contributed by atoms with van der Waals surface area (Å²) in [5.41, 5.74) is 0.488. The van der Waals surface area contributed by atoms with Crippen molar-refractivity contribution in [1.29, 1.82) is 0 Å². The molecule has 4 rings (SSSR count). The first-order valence-corrected chi connectivity index (χ1v) is 12.1. The number of hydrogen-bond acceptors (Lipinski definition) is 4. The fraction of sp³-hybridized carbons (Fsp3) is 0.0400. The summed E-state index contributed by atoms with van der Waals surface area (Å²) < 4.78 is 31.5. The van der Waals surface area contributed by atoms with Crippen LogP contribution in [0.25, 0.3) is 0 Å². The van der Waals surface area contributed by atoms with E-state index in [0.717, 1.165) is 0 Å². The van der Waals surface area contributed by atoms with E-state index in [2.05, 4.69) is 48.5 Å². The van der Waals surface area contributed by atoms with Gasteiger partial charge in [-0.1, -0.05) is 54.6 Å². The van der Waals surface area contributed by atoms with Crippen molar-refractivity contribution in [2.24, 2.45) is 0 Å². The van der Waals surface area contributed by atoms with Crippen LogP contribution in [0.5, 0.6) is 5.75 Å².